The Kier molecular flexibility index (Phi) is 3.21. The number of H-pyrrole nitrogens is 1. The molecule has 0 saturated carbocycles. The molecule has 5 nitrogen and oxygen atoms in total. The number of hydrogen-bond acceptors (Lipinski definition) is 4. The van der Waals surface area contributed by atoms with Crippen LogP contribution in [0.1, 0.15) is 13.8 Å². The third-order valence-corrected chi connectivity index (χ3v) is 1.94. The van der Waals surface area contributed by atoms with Crippen LogP contribution < -0.4 is 10.5 Å². The Morgan fingerprint density at radius 2 is 2.42 bits per heavy atom. The molecule has 1 aromatic heterocycles. The largest absolute Gasteiger partial charge is 0.407 e. The van der Waals surface area contributed by atoms with E-state index in [-0.39, 0.29) is 5.69 Å². The van der Waals surface area contributed by atoms with Gasteiger partial charge in [0.1, 0.15) is 6.61 Å². The molecule has 0 aliphatic heterocycles. The molecule has 0 radical (unpaired) electrons. The molecule has 1 rings (SSSR count). The molecule has 1 aromatic rings. The molecule has 0 aromatic carbocycles. The molecule has 0 amide bonds. The zero-order chi connectivity index (χ0) is 8.97. The molecular weight excluding hydrogens is 178 g/mol. The first kappa shape index (κ1) is 9.18. The molecular formula is C6H11N3O2S. The summed E-state index contributed by atoms with van der Waals surface area (Å²) in [5, 5.41) is 6.68. The summed E-state index contributed by atoms with van der Waals surface area (Å²) < 4.78 is 1.17. The second kappa shape index (κ2) is 4.20. The van der Waals surface area contributed by atoms with Crippen molar-refractivity contribution in [3.05, 3.63) is 10.5 Å². The van der Waals surface area contributed by atoms with Gasteiger partial charge in [-0.3, -0.25) is 0 Å². The first-order valence-electron chi connectivity index (χ1n) is 3.73. The van der Waals surface area contributed by atoms with E-state index in [4.69, 9.17) is 4.84 Å². The van der Waals surface area contributed by atoms with Gasteiger partial charge in [0.15, 0.2) is 0 Å². The highest BCUT2D eigenvalue weighted by atomic mass is 32.2. The number of aromatic nitrogens is 3. The van der Waals surface area contributed by atoms with Crippen molar-refractivity contribution in [3.63, 3.8) is 0 Å². The maximum atomic E-state index is 11.0. The quantitative estimate of drug-likeness (QED) is 0.684. The number of aromatic amines is 1. The summed E-state index contributed by atoms with van der Waals surface area (Å²) in [7, 11) is 0. The van der Waals surface area contributed by atoms with Crippen LogP contribution in [0.3, 0.4) is 0 Å². The lowest BCUT2D eigenvalue weighted by Crippen LogP contribution is -2.25. The average Bonchev–Trinajstić information content (AvgIpc) is 2.37. The van der Waals surface area contributed by atoms with E-state index >= 15 is 0 Å². The highest BCUT2D eigenvalue weighted by Crippen LogP contribution is 2.10. The van der Waals surface area contributed by atoms with Gasteiger partial charge in [0.05, 0.1) is 0 Å². The van der Waals surface area contributed by atoms with Gasteiger partial charge in [0.25, 0.3) is 0 Å². The average molecular weight is 189 g/mol. The van der Waals surface area contributed by atoms with Crippen LogP contribution in [0.4, 0.5) is 0 Å². The second-order valence-corrected chi connectivity index (χ2v) is 3.19. The van der Waals surface area contributed by atoms with Crippen molar-refractivity contribution in [2.24, 2.45) is 0 Å². The van der Waals surface area contributed by atoms with Crippen LogP contribution in [0.5, 0.6) is 0 Å². The minimum absolute atomic E-state index is 0.326. The SMILES string of the molecule is CCOn1c(SCC)n[nH]c1=O. The standard InChI is InChI=1S/C6H11N3O2S/c1-3-11-9-5(10)7-8-6(9)12-4-2/h3-4H2,1-2H3,(H,7,10). The summed E-state index contributed by atoms with van der Waals surface area (Å²) in [5.74, 6) is 0.858. The normalized spacial score (nSPS) is 10.2. The van der Waals surface area contributed by atoms with E-state index in [2.05, 4.69) is 10.2 Å². The highest BCUT2D eigenvalue weighted by molar-refractivity contribution is 7.99. The predicted molar refractivity (Wildman–Crippen MR) is 46.4 cm³/mol. The van der Waals surface area contributed by atoms with Crippen LogP contribution >= 0.6 is 11.8 Å². The molecule has 0 fully saturated rings. The van der Waals surface area contributed by atoms with Gasteiger partial charge in [-0.2, -0.15) is 0 Å². The number of nitrogens with zero attached hydrogens (tertiary/aromatic N) is 2. The van der Waals surface area contributed by atoms with Gasteiger partial charge < -0.3 is 4.84 Å². The molecule has 0 atom stereocenters. The number of hydrogen-bond donors (Lipinski definition) is 1. The predicted octanol–water partition coefficient (Wildman–Crippen LogP) is 0.132. The van der Waals surface area contributed by atoms with Crippen LogP contribution in [0.2, 0.25) is 0 Å². The molecule has 1 heterocycles. The maximum Gasteiger partial charge on any atom is 0.377 e. The fourth-order valence-corrected chi connectivity index (χ4v) is 1.36. The van der Waals surface area contributed by atoms with E-state index in [1.807, 2.05) is 13.8 Å². The lowest BCUT2D eigenvalue weighted by molar-refractivity contribution is 0.0941. The van der Waals surface area contributed by atoms with Gasteiger partial charge in [-0.1, -0.05) is 18.7 Å². The molecule has 0 aliphatic rings. The third-order valence-electron chi connectivity index (χ3n) is 1.14. The number of thioether (sulfide) groups is 1. The topological polar surface area (TPSA) is 59.9 Å². The van der Waals surface area contributed by atoms with Crippen LogP contribution in [0.25, 0.3) is 0 Å². The molecule has 68 valence electrons. The first-order valence-corrected chi connectivity index (χ1v) is 4.71. The van der Waals surface area contributed by atoms with Gasteiger partial charge >= 0.3 is 5.69 Å². The number of rotatable bonds is 4. The van der Waals surface area contributed by atoms with E-state index < -0.39 is 0 Å². The first-order chi connectivity index (χ1) is 5.79. The van der Waals surface area contributed by atoms with E-state index in [0.29, 0.717) is 11.8 Å². The molecule has 6 heteroatoms. The molecule has 0 spiro atoms. The van der Waals surface area contributed by atoms with Gasteiger partial charge in [-0.05, 0) is 12.7 Å². The van der Waals surface area contributed by atoms with Crippen molar-refractivity contribution in [1.82, 2.24) is 14.9 Å². The van der Waals surface area contributed by atoms with Crippen molar-refractivity contribution in [1.29, 1.82) is 0 Å². The number of nitrogens with one attached hydrogen (secondary N) is 1. The van der Waals surface area contributed by atoms with Gasteiger partial charge in [-0.15, -0.1) is 9.83 Å². The zero-order valence-corrected chi connectivity index (χ0v) is 7.85. The van der Waals surface area contributed by atoms with Gasteiger partial charge in [0, 0.05) is 0 Å². The van der Waals surface area contributed by atoms with Crippen LogP contribution in [0.15, 0.2) is 9.95 Å². The Balaban J connectivity index is 2.87. The second-order valence-electron chi connectivity index (χ2n) is 1.96. The van der Waals surface area contributed by atoms with E-state index in [0.717, 1.165) is 5.75 Å². The van der Waals surface area contributed by atoms with Crippen molar-refractivity contribution in [2.75, 3.05) is 12.4 Å². The zero-order valence-electron chi connectivity index (χ0n) is 7.03. The lowest BCUT2D eigenvalue weighted by Gasteiger charge is -2.02. The minimum atomic E-state index is -0.326. The summed E-state index contributed by atoms with van der Waals surface area (Å²) in [4.78, 5) is 16.1. The summed E-state index contributed by atoms with van der Waals surface area (Å²) >= 11 is 1.46. The van der Waals surface area contributed by atoms with E-state index in [9.17, 15) is 4.79 Å². The Morgan fingerprint density at radius 1 is 1.67 bits per heavy atom. The Hall–Kier alpha value is -0.910. The van der Waals surface area contributed by atoms with Crippen molar-refractivity contribution >= 4 is 11.8 Å². The molecule has 0 unspecified atom stereocenters. The smallest absolute Gasteiger partial charge is 0.377 e. The Bertz CT molecular complexity index is 293. The monoisotopic (exact) mass is 189 g/mol. The molecule has 0 saturated heterocycles. The Labute approximate surface area is 74.1 Å². The lowest BCUT2D eigenvalue weighted by atomic mass is 10.9. The van der Waals surface area contributed by atoms with Gasteiger partial charge in [0.2, 0.25) is 5.16 Å². The van der Waals surface area contributed by atoms with E-state index in [1.54, 1.807) is 0 Å². The maximum absolute atomic E-state index is 11.0. The highest BCUT2D eigenvalue weighted by Gasteiger charge is 2.07. The Morgan fingerprint density at radius 3 is 3.00 bits per heavy atom. The third kappa shape index (κ3) is 1.82. The molecule has 0 aliphatic carbocycles. The van der Waals surface area contributed by atoms with Crippen LogP contribution in [-0.2, 0) is 0 Å². The summed E-state index contributed by atoms with van der Waals surface area (Å²) in [6.07, 6.45) is 0. The fourth-order valence-electron chi connectivity index (χ4n) is 0.736. The van der Waals surface area contributed by atoms with Crippen molar-refractivity contribution < 1.29 is 4.84 Å². The van der Waals surface area contributed by atoms with Crippen molar-refractivity contribution in [3.8, 4) is 0 Å². The summed E-state index contributed by atoms with van der Waals surface area (Å²) in [5.41, 5.74) is -0.326. The van der Waals surface area contributed by atoms with E-state index in [1.165, 1.54) is 16.5 Å². The van der Waals surface area contributed by atoms with Crippen LogP contribution in [0, 0.1) is 0 Å². The summed E-state index contributed by atoms with van der Waals surface area (Å²) in [6, 6.07) is 0. The molecule has 0 bridgehead atoms. The molecule has 1 N–H and O–H groups in total. The summed E-state index contributed by atoms with van der Waals surface area (Å²) in [6.45, 7) is 4.26. The van der Waals surface area contributed by atoms with Crippen molar-refractivity contribution in [2.45, 2.75) is 19.0 Å². The fraction of sp³-hybridized carbons (Fsp3) is 0.667. The van der Waals surface area contributed by atoms with Crippen LogP contribution in [-0.4, -0.2) is 27.3 Å². The minimum Gasteiger partial charge on any atom is -0.407 e. The molecule has 12 heavy (non-hydrogen) atoms. The van der Waals surface area contributed by atoms with Gasteiger partial charge in [-0.25, -0.2) is 9.89 Å².